The summed E-state index contributed by atoms with van der Waals surface area (Å²) in [5.74, 6) is 1.10. The van der Waals surface area contributed by atoms with Gasteiger partial charge in [-0.1, -0.05) is 11.6 Å². The molecule has 6 nitrogen and oxygen atoms in total. The van der Waals surface area contributed by atoms with Gasteiger partial charge >= 0.3 is 0 Å². The average molecular weight is 349 g/mol. The second-order valence-corrected chi connectivity index (χ2v) is 5.87. The van der Waals surface area contributed by atoms with Crippen molar-refractivity contribution in [2.75, 3.05) is 39.6 Å². The molecule has 0 atom stereocenters. The number of ether oxygens (including phenoxy) is 1. The van der Waals surface area contributed by atoms with Crippen LogP contribution in [0.15, 0.2) is 36.5 Å². The molecule has 0 unspecified atom stereocenters. The fourth-order valence-electron chi connectivity index (χ4n) is 1.99. The van der Waals surface area contributed by atoms with Crippen LogP contribution in [0, 0.1) is 0 Å². The number of methoxy groups -OCH3 is 1. The van der Waals surface area contributed by atoms with E-state index in [1.165, 1.54) is 0 Å². The van der Waals surface area contributed by atoms with Gasteiger partial charge in [0.25, 0.3) is 5.91 Å². The number of amides is 1. The zero-order chi connectivity index (χ0) is 17.5. The molecule has 128 valence electrons. The first-order valence-electron chi connectivity index (χ1n) is 7.49. The van der Waals surface area contributed by atoms with E-state index in [1.54, 1.807) is 37.6 Å². The second-order valence-electron chi connectivity index (χ2n) is 5.47. The second kappa shape index (κ2) is 8.52. The van der Waals surface area contributed by atoms with Crippen LogP contribution in [0.5, 0.6) is 5.75 Å². The molecule has 2 N–H and O–H groups in total. The van der Waals surface area contributed by atoms with Gasteiger partial charge in [0.1, 0.15) is 11.6 Å². The van der Waals surface area contributed by atoms with Crippen molar-refractivity contribution < 1.29 is 9.53 Å². The molecule has 0 spiro atoms. The fraction of sp³-hybridized carbons (Fsp3) is 0.294. The van der Waals surface area contributed by atoms with E-state index < -0.39 is 0 Å². The van der Waals surface area contributed by atoms with Crippen LogP contribution >= 0.6 is 11.6 Å². The van der Waals surface area contributed by atoms with E-state index in [0.29, 0.717) is 28.7 Å². The van der Waals surface area contributed by atoms with Crippen LogP contribution in [0.2, 0.25) is 5.02 Å². The maximum Gasteiger partial charge on any atom is 0.252 e. The van der Waals surface area contributed by atoms with Crippen LogP contribution in [-0.4, -0.2) is 50.1 Å². The molecule has 0 bridgehead atoms. The first-order chi connectivity index (χ1) is 11.5. The number of halogens is 1. The maximum atomic E-state index is 12.0. The van der Waals surface area contributed by atoms with Crippen molar-refractivity contribution >= 4 is 29.0 Å². The molecule has 24 heavy (non-hydrogen) atoms. The molecular formula is C17H21ClN4O2. The van der Waals surface area contributed by atoms with E-state index >= 15 is 0 Å². The molecule has 1 aromatic heterocycles. The Bertz CT molecular complexity index is 689. The summed E-state index contributed by atoms with van der Waals surface area (Å²) in [5, 5.41) is 6.49. The number of rotatable bonds is 7. The van der Waals surface area contributed by atoms with Gasteiger partial charge in [0.2, 0.25) is 0 Å². The number of anilines is 2. The van der Waals surface area contributed by atoms with Crippen molar-refractivity contribution in [3.8, 4) is 5.75 Å². The number of carbonyl (C=O) groups is 1. The van der Waals surface area contributed by atoms with Crippen LogP contribution in [0.1, 0.15) is 10.4 Å². The Hall–Kier alpha value is -2.31. The zero-order valence-electron chi connectivity index (χ0n) is 14.0. The normalized spacial score (nSPS) is 10.5. The van der Waals surface area contributed by atoms with Gasteiger partial charge in [-0.15, -0.1) is 0 Å². The summed E-state index contributed by atoms with van der Waals surface area (Å²) in [4.78, 5) is 18.2. The van der Waals surface area contributed by atoms with Gasteiger partial charge in [0.15, 0.2) is 0 Å². The van der Waals surface area contributed by atoms with Gasteiger partial charge < -0.3 is 20.3 Å². The SMILES string of the molecule is COc1ccc(Nc2ccc(C(=O)NCCN(C)C)cn2)cc1Cl. The predicted octanol–water partition coefficient (Wildman–Crippen LogP) is 2.78. The fourth-order valence-corrected chi connectivity index (χ4v) is 2.25. The third-order valence-corrected chi connectivity index (χ3v) is 3.59. The molecule has 1 aromatic carbocycles. The van der Waals surface area contributed by atoms with E-state index in [1.807, 2.05) is 25.1 Å². The zero-order valence-corrected chi connectivity index (χ0v) is 14.7. The van der Waals surface area contributed by atoms with Crippen LogP contribution < -0.4 is 15.4 Å². The number of benzene rings is 1. The Morgan fingerprint density at radius 3 is 2.67 bits per heavy atom. The number of aromatic nitrogens is 1. The Morgan fingerprint density at radius 1 is 1.29 bits per heavy atom. The first-order valence-corrected chi connectivity index (χ1v) is 7.87. The molecule has 7 heteroatoms. The lowest BCUT2D eigenvalue weighted by atomic mass is 10.2. The van der Waals surface area contributed by atoms with Gasteiger partial charge in [0.05, 0.1) is 17.7 Å². The molecule has 0 aliphatic heterocycles. The molecule has 0 saturated heterocycles. The number of nitrogens with one attached hydrogen (secondary N) is 2. The number of hydrogen-bond donors (Lipinski definition) is 2. The van der Waals surface area contributed by atoms with Crippen LogP contribution in [0.3, 0.4) is 0 Å². The van der Waals surface area contributed by atoms with Gasteiger partial charge in [-0.2, -0.15) is 0 Å². The molecule has 1 heterocycles. The third kappa shape index (κ3) is 5.11. The minimum absolute atomic E-state index is 0.136. The molecule has 2 rings (SSSR count). The number of likely N-dealkylation sites (N-methyl/N-ethyl adjacent to an activating group) is 1. The van der Waals surface area contributed by atoms with Crippen LogP contribution in [0.25, 0.3) is 0 Å². The van der Waals surface area contributed by atoms with Gasteiger partial charge in [-0.05, 0) is 44.4 Å². The van der Waals surface area contributed by atoms with E-state index in [9.17, 15) is 4.79 Å². The molecule has 0 saturated carbocycles. The number of pyridine rings is 1. The molecule has 0 fully saturated rings. The van der Waals surface area contributed by atoms with E-state index in [-0.39, 0.29) is 5.91 Å². The lowest BCUT2D eigenvalue weighted by Crippen LogP contribution is -2.31. The van der Waals surface area contributed by atoms with Gasteiger partial charge in [-0.3, -0.25) is 4.79 Å². The molecule has 1 amide bonds. The first kappa shape index (κ1) is 18.0. The summed E-state index contributed by atoms with van der Waals surface area (Å²) in [6.07, 6.45) is 1.54. The standard InChI is InChI=1S/C17H21ClN4O2/c1-22(2)9-8-19-17(23)12-4-7-16(20-11-12)21-13-5-6-15(24-3)14(18)10-13/h4-7,10-11H,8-9H2,1-3H3,(H,19,23)(H,20,21). The summed E-state index contributed by atoms with van der Waals surface area (Å²) >= 11 is 6.09. The molecule has 0 aliphatic rings. The number of nitrogens with zero attached hydrogens (tertiary/aromatic N) is 2. The van der Waals surface area contributed by atoms with Gasteiger partial charge in [-0.25, -0.2) is 4.98 Å². The Balaban J connectivity index is 1.96. The Kier molecular flexibility index (Phi) is 6.40. The Morgan fingerprint density at radius 2 is 2.08 bits per heavy atom. The van der Waals surface area contributed by atoms with Crippen LogP contribution in [0.4, 0.5) is 11.5 Å². The predicted molar refractivity (Wildman–Crippen MR) is 96.4 cm³/mol. The topological polar surface area (TPSA) is 66.5 Å². The third-order valence-electron chi connectivity index (χ3n) is 3.29. The quantitative estimate of drug-likeness (QED) is 0.805. The summed E-state index contributed by atoms with van der Waals surface area (Å²) in [5.41, 5.74) is 1.31. The van der Waals surface area contributed by atoms with E-state index in [0.717, 1.165) is 12.2 Å². The Labute approximate surface area is 146 Å². The molecule has 0 radical (unpaired) electrons. The minimum Gasteiger partial charge on any atom is -0.495 e. The highest BCUT2D eigenvalue weighted by atomic mass is 35.5. The minimum atomic E-state index is -0.136. The average Bonchev–Trinajstić information content (AvgIpc) is 2.55. The molecule has 2 aromatic rings. The summed E-state index contributed by atoms with van der Waals surface area (Å²) < 4.78 is 5.12. The van der Waals surface area contributed by atoms with Crippen molar-refractivity contribution in [3.63, 3.8) is 0 Å². The lowest BCUT2D eigenvalue weighted by molar-refractivity contribution is 0.0950. The highest BCUT2D eigenvalue weighted by molar-refractivity contribution is 6.32. The van der Waals surface area contributed by atoms with E-state index in [2.05, 4.69) is 15.6 Å². The molecule has 0 aliphatic carbocycles. The largest absolute Gasteiger partial charge is 0.495 e. The van der Waals surface area contributed by atoms with Gasteiger partial charge in [0, 0.05) is 25.0 Å². The number of hydrogen-bond acceptors (Lipinski definition) is 5. The van der Waals surface area contributed by atoms with Crippen molar-refractivity contribution in [1.29, 1.82) is 0 Å². The van der Waals surface area contributed by atoms with Crippen molar-refractivity contribution in [2.45, 2.75) is 0 Å². The smallest absolute Gasteiger partial charge is 0.252 e. The molecular weight excluding hydrogens is 328 g/mol. The summed E-state index contributed by atoms with van der Waals surface area (Å²) in [7, 11) is 5.48. The number of carbonyl (C=O) groups excluding carboxylic acids is 1. The van der Waals surface area contributed by atoms with E-state index in [4.69, 9.17) is 16.3 Å². The lowest BCUT2D eigenvalue weighted by Gasteiger charge is -2.11. The highest BCUT2D eigenvalue weighted by Crippen LogP contribution is 2.28. The van der Waals surface area contributed by atoms with Crippen molar-refractivity contribution in [2.24, 2.45) is 0 Å². The summed E-state index contributed by atoms with van der Waals surface area (Å²) in [6.45, 7) is 1.38. The van der Waals surface area contributed by atoms with Crippen LogP contribution in [-0.2, 0) is 0 Å². The highest BCUT2D eigenvalue weighted by Gasteiger charge is 2.07. The maximum absolute atomic E-state index is 12.0. The summed E-state index contributed by atoms with van der Waals surface area (Å²) in [6, 6.07) is 8.85. The van der Waals surface area contributed by atoms with Crippen molar-refractivity contribution in [3.05, 3.63) is 47.1 Å². The van der Waals surface area contributed by atoms with Crippen molar-refractivity contribution in [1.82, 2.24) is 15.2 Å². The monoisotopic (exact) mass is 348 g/mol.